The number of hydrogen-bond donors (Lipinski definition) is 1. The SMILES string of the molecule is Cc1ccccc1-n1nnnc1SCC(=O)Nc1cc(Cl)c(Cl)cc1Cl. The first-order valence-corrected chi connectivity index (χ1v) is 9.49. The van der Waals surface area contributed by atoms with Gasteiger partial charge in [0.1, 0.15) is 0 Å². The number of thioether (sulfide) groups is 1. The van der Waals surface area contributed by atoms with E-state index in [0.29, 0.717) is 25.9 Å². The topological polar surface area (TPSA) is 72.7 Å². The molecule has 0 saturated carbocycles. The van der Waals surface area contributed by atoms with Crippen LogP contribution in [0, 0.1) is 6.92 Å². The Morgan fingerprint density at radius 1 is 1.15 bits per heavy atom. The zero-order valence-electron chi connectivity index (χ0n) is 13.4. The minimum Gasteiger partial charge on any atom is -0.324 e. The van der Waals surface area contributed by atoms with Crippen molar-refractivity contribution in [3.8, 4) is 5.69 Å². The smallest absolute Gasteiger partial charge is 0.234 e. The summed E-state index contributed by atoms with van der Waals surface area (Å²) >= 11 is 19.1. The molecule has 0 radical (unpaired) electrons. The number of nitrogens with one attached hydrogen (secondary N) is 1. The maximum atomic E-state index is 12.2. The minimum atomic E-state index is -0.269. The number of aromatic nitrogens is 4. The molecule has 0 atom stereocenters. The predicted molar refractivity (Wildman–Crippen MR) is 105 cm³/mol. The molecule has 0 saturated heterocycles. The molecule has 2 aromatic carbocycles. The van der Waals surface area contributed by atoms with E-state index in [0.717, 1.165) is 11.3 Å². The van der Waals surface area contributed by atoms with Crippen molar-refractivity contribution in [2.24, 2.45) is 0 Å². The number of aryl methyl sites for hydroxylation is 1. The van der Waals surface area contributed by atoms with Gasteiger partial charge in [-0.2, -0.15) is 4.68 Å². The molecule has 0 unspecified atom stereocenters. The maximum absolute atomic E-state index is 12.2. The molecule has 0 aliphatic rings. The molecular formula is C16H12Cl3N5OS. The minimum absolute atomic E-state index is 0.100. The van der Waals surface area contributed by atoms with Gasteiger partial charge in [-0.3, -0.25) is 4.79 Å². The Bertz CT molecular complexity index is 963. The van der Waals surface area contributed by atoms with Gasteiger partial charge in [0.15, 0.2) is 0 Å². The number of nitrogens with zero attached hydrogens (tertiary/aromatic N) is 4. The van der Waals surface area contributed by atoms with Gasteiger partial charge in [-0.1, -0.05) is 64.8 Å². The van der Waals surface area contributed by atoms with Crippen molar-refractivity contribution in [1.82, 2.24) is 20.2 Å². The van der Waals surface area contributed by atoms with E-state index in [4.69, 9.17) is 34.8 Å². The van der Waals surface area contributed by atoms with E-state index in [-0.39, 0.29) is 11.7 Å². The van der Waals surface area contributed by atoms with Gasteiger partial charge in [-0.05, 0) is 41.1 Å². The number of benzene rings is 2. The van der Waals surface area contributed by atoms with Crippen LogP contribution >= 0.6 is 46.6 Å². The molecule has 10 heteroatoms. The van der Waals surface area contributed by atoms with Gasteiger partial charge in [0, 0.05) is 0 Å². The number of tetrazole rings is 1. The van der Waals surface area contributed by atoms with E-state index in [1.54, 1.807) is 4.68 Å². The molecule has 1 amide bonds. The molecule has 0 aliphatic carbocycles. The average molecular weight is 429 g/mol. The van der Waals surface area contributed by atoms with Gasteiger partial charge >= 0.3 is 0 Å². The lowest BCUT2D eigenvalue weighted by Gasteiger charge is -2.09. The highest BCUT2D eigenvalue weighted by molar-refractivity contribution is 7.99. The fourth-order valence-electron chi connectivity index (χ4n) is 2.16. The molecule has 0 fully saturated rings. The first kappa shape index (κ1) is 19.0. The van der Waals surface area contributed by atoms with Crippen LogP contribution in [0.15, 0.2) is 41.6 Å². The third kappa shape index (κ3) is 4.29. The van der Waals surface area contributed by atoms with Crippen LogP contribution in [0.2, 0.25) is 15.1 Å². The van der Waals surface area contributed by atoms with Gasteiger partial charge in [0.05, 0.1) is 32.2 Å². The van der Waals surface area contributed by atoms with Crippen LogP contribution in [0.3, 0.4) is 0 Å². The van der Waals surface area contributed by atoms with Crippen LogP contribution < -0.4 is 5.32 Å². The molecule has 1 heterocycles. The van der Waals surface area contributed by atoms with Gasteiger partial charge in [0.2, 0.25) is 11.1 Å². The summed E-state index contributed by atoms with van der Waals surface area (Å²) in [5.74, 6) is -0.169. The zero-order valence-corrected chi connectivity index (χ0v) is 16.5. The van der Waals surface area contributed by atoms with Crippen LogP contribution in [-0.2, 0) is 4.79 Å². The molecule has 0 bridgehead atoms. The lowest BCUT2D eigenvalue weighted by molar-refractivity contribution is -0.113. The molecule has 134 valence electrons. The monoisotopic (exact) mass is 427 g/mol. The van der Waals surface area contributed by atoms with Crippen LogP contribution in [0.25, 0.3) is 5.69 Å². The van der Waals surface area contributed by atoms with Crippen molar-refractivity contribution >= 4 is 58.2 Å². The van der Waals surface area contributed by atoms with Gasteiger partial charge in [-0.15, -0.1) is 5.10 Å². The Kier molecular flexibility index (Phi) is 6.03. The number of halogens is 3. The van der Waals surface area contributed by atoms with Crippen molar-refractivity contribution in [3.63, 3.8) is 0 Å². The third-order valence-electron chi connectivity index (χ3n) is 3.40. The summed E-state index contributed by atoms with van der Waals surface area (Å²) in [6, 6.07) is 10.7. The normalized spacial score (nSPS) is 10.8. The van der Waals surface area contributed by atoms with Crippen LogP contribution in [0.1, 0.15) is 5.56 Å². The summed E-state index contributed by atoms with van der Waals surface area (Å²) in [7, 11) is 0. The molecule has 3 rings (SSSR count). The van der Waals surface area contributed by atoms with E-state index in [1.165, 1.54) is 23.9 Å². The first-order chi connectivity index (χ1) is 12.5. The quantitative estimate of drug-likeness (QED) is 0.472. The number of para-hydroxylation sites is 1. The molecule has 6 nitrogen and oxygen atoms in total. The van der Waals surface area contributed by atoms with E-state index < -0.39 is 0 Å². The average Bonchev–Trinajstić information content (AvgIpc) is 3.06. The number of carbonyl (C=O) groups excluding carboxylic acids is 1. The van der Waals surface area contributed by atoms with E-state index in [2.05, 4.69) is 20.8 Å². The fourth-order valence-corrected chi connectivity index (χ4v) is 3.43. The van der Waals surface area contributed by atoms with E-state index in [1.807, 2.05) is 31.2 Å². The van der Waals surface area contributed by atoms with Gasteiger partial charge < -0.3 is 5.32 Å². The molecular weight excluding hydrogens is 417 g/mol. The highest BCUT2D eigenvalue weighted by Gasteiger charge is 2.14. The summed E-state index contributed by atoms with van der Waals surface area (Å²) in [6.07, 6.45) is 0. The summed E-state index contributed by atoms with van der Waals surface area (Å²) in [5.41, 5.74) is 2.27. The van der Waals surface area contributed by atoms with Gasteiger partial charge in [0.25, 0.3) is 0 Å². The largest absolute Gasteiger partial charge is 0.324 e. The van der Waals surface area contributed by atoms with Crippen molar-refractivity contribution in [3.05, 3.63) is 57.0 Å². The van der Waals surface area contributed by atoms with Gasteiger partial charge in [-0.25, -0.2) is 0 Å². The Morgan fingerprint density at radius 3 is 2.65 bits per heavy atom. The Balaban J connectivity index is 1.69. The first-order valence-electron chi connectivity index (χ1n) is 7.37. The molecule has 0 spiro atoms. The fraction of sp³-hybridized carbons (Fsp3) is 0.125. The maximum Gasteiger partial charge on any atom is 0.234 e. The molecule has 1 N–H and O–H groups in total. The standard InChI is InChI=1S/C16H12Cl3N5OS/c1-9-4-2-3-5-14(9)24-16(21-22-23-24)26-8-15(25)20-13-7-11(18)10(17)6-12(13)19/h2-7H,8H2,1H3,(H,20,25). The molecule has 1 aromatic heterocycles. The molecule has 26 heavy (non-hydrogen) atoms. The second-order valence-corrected chi connectivity index (χ2v) is 7.41. The van der Waals surface area contributed by atoms with Crippen LogP contribution in [0.5, 0.6) is 0 Å². The number of hydrogen-bond acceptors (Lipinski definition) is 5. The number of rotatable bonds is 5. The molecule has 3 aromatic rings. The predicted octanol–water partition coefficient (Wildman–Crippen LogP) is 4.66. The number of amides is 1. The second kappa shape index (κ2) is 8.26. The van der Waals surface area contributed by atoms with Crippen molar-refractivity contribution in [2.75, 3.05) is 11.1 Å². The van der Waals surface area contributed by atoms with Crippen molar-refractivity contribution in [2.45, 2.75) is 12.1 Å². The number of carbonyl (C=O) groups is 1. The Morgan fingerprint density at radius 2 is 1.88 bits per heavy atom. The lowest BCUT2D eigenvalue weighted by atomic mass is 10.2. The highest BCUT2D eigenvalue weighted by atomic mass is 35.5. The number of anilines is 1. The van der Waals surface area contributed by atoms with Crippen molar-refractivity contribution < 1.29 is 4.79 Å². The van der Waals surface area contributed by atoms with Crippen LogP contribution in [0.4, 0.5) is 5.69 Å². The zero-order chi connectivity index (χ0) is 18.7. The van der Waals surface area contributed by atoms with E-state index >= 15 is 0 Å². The second-order valence-electron chi connectivity index (χ2n) is 5.24. The molecule has 0 aliphatic heterocycles. The summed E-state index contributed by atoms with van der Waals surface area (Å²) in [6.45, 7) is 1.96. The highest BCUT2D eigenvalue weighted by Crippen LogP contribution is 2.32. The van der Waals surface area contributed by atoms with Crippen LogP contribution in [-0.4, -0.2) is 31.9 Å². The Hall–Kier alpha value is -1.80. The summed E-state index contributed by atoms with van der Waals surface area (Å²) < 4.78 is 1.60. The summed E-state index contributed by atoms with van der Waals surface area (Å²) in [4.78, 5) is 12.2. The third-order valence-corrected chi connectivity index (χ3v) is 5.36. The summed E-state index contributed by atoms with van der Waals surface area (Å²) in [5, 5.41) is 15.8. The Labute approximate surface area is 168 Å². The van der Waals surface area contributed by atoms with Crippen molar-refractivity contribution in [1.29, 1.82) is 0 Å². The van der Waals surface area contributed by atoms with E-state index in [9.17, 15) is 4.79 Å². The lowest BCUT2D eigenvalue weighted by Crippen LogP contribution is -2.15.